The molecule has 0 saturated carbocycles. The van der Waals surface area contributed by atoms with Crippen molar-refractivity contribution in [1.29, 1.82) is 0 Å². The summed E-state index contributed by atoms with van der Waals surface area (Å²) in [5, 5.41) is 6.71. The lowest BCUT2D eigenvalue weighted by atomic mass is 9.90. The van der Waals surface area contributed by atoms with Crippen LogP contribution >= 0.6 is 23.2 Å². The fraction of sp³-hybridized carbons (Fsp3) is 0.263. The van der Waals surface area contributed by atoms with Gasteiger partial charge in [-0.05, 0) is 56.2 Å². The molecule has 0 spiro atoms. The highest BCUT2D eigenvalue weighted by Crippen LogP contribution is 2.24. The van der Waals surface area contributed by atoms with Crippen LogP contribution in [0.4, 0.5) is 5.69 Å². The van der Waals surface area contributed by atoms with Crippen LogP contribution in [0.2, 0.25) is 10.0 Å². The smallest absolute Gasteiger partial charge is 0.239 e. The molecule has 0 aromatic heterocycles. The van der Waals surface area contributed by atoms with E-state index in [1.165, 1.54) is 0 Å². The average Bonchev–Trinajstić information content (AvgIpc) is 2.56. The molecule has 0 atom stereocenters. The number of anilines is 1. The molecule has 6 heteroatoms. The third kappa shape index (κ3) is 4.74. The Morgan fingerprint density at radius 3 is 2.36 bits per heavy atom. The van der Waals surface area contributed by atoms with E-state index in [1.54, 1.807) is 38.1 Å². The fourth-order valence-electron chi connectivity index (χ4n) is 2.19. The summed E-state index contributed by atoms with van der Waals surface area (Å²) in [6.45, 7) is 5.26. The van der Waals surface area contributed by atoms with Crippen molar-refractivity contribution < 1.29 is 9.59 Å². The Hall–Kier alpha value is -2.04. The first-order chi connectivity index (χ1) is 11.7. The van der Waals surface area contributed by atoms with Gasteiger partial charge in [0.15, 0.2) is 0 Å². The largest absolute Gasteiger partial charge is 0.351 e. The SMILES string of the molecule is Cc1cc(Cl)ccc1NC(=O)C(C)(C)C(=O)NCc1ccccc1Cl. The van der Waals surface area contributed by atoms with E-state index in [-0.39, 0.29) is 12.5 Å². The number of benzene rings is 2. The molecule has 0 aliphatic carbocycles. The summed E-state index contributed by atoms with van der Waals surface area (Å²) in [7, 11) is 0. The Kier molecular flexibility index (Phi) is 6.09. The Labute approximate surface area is 157 Å². The summed E-state index contributed by atoms with van der Waals surface area (Å²) < 4.78 is 0. The maximum absolute atomic E-state index is 12.6. The van der Waals surface area contributed by atoms with Gasteiger partial charge in [-0.1, -0.05) is 41.4 Å². The molecule has 0 aliphatic heterocycles. The quantitative estimate of drug-likeness (QED) is 0.747. The minimum Gasteiger partial charge on any atom is -0.351 e. The van der Waals surface area contributed by atoms with Gasteiger partial charge in [0.05, 0.1) is 0 Å². The predicted molar refractivity (Wildman–Crippen MR) is 102 cm³/mol. The Balaban J connectivity index is 2.04. The van der Waals surface area contributed by atoms with Crippen molar-refractivity contribution in [1.82, 2.24) is 5.32 Å². The zero-order valence-corrected chi connectivity index (χ0v) is 15.8. The standard InChI is InChI=1S/C19H20Cl2N2O2/c1-12-10-14(20)8-9-16(12)23-18(25)19(2,3)17(24)22-11-13-6-4-5-7-15(13)21/h4-10H,11H2,1-3H3,(H,22,24)(H,23,25). The molecule has 2 amide bonds. The fourth-order valence-corrected chi connectivity index (χ4v) is 2.62. The molecule has 2 aromatic rings. The number of carbonyl (C=O) groups is 2. The van der Waals surface area contributed by atoms with Crippen molar-refractivity contribution in [3.8, 4) is 0 Å². The third-order valence-corrected chi connectivity index (χ3v) is 4.57. The Morgan fingerprint density at radius 1 is 1.04 bits per heavy atom. The molecule has 2 N–H and O–H groups in total. The number of nitrogens with one attached hydrogen (secondary N) is 2. The number of carbonyl (C=O) groups excluding carboxylic acids is 2. The molecule has 0 heterocycles. The van der Waals surface area contributed by atoms with Crippen LogP contribution in [0.5, 0.6) is 0 Å². The lowest BCUT2D eigenvalue weighted by Gasteiger charge is -2.23. The molecule has 2 rings (SSSR count). The van der Waals surface area contributed by atoms with Crippen LogP contribution in [-0.2, 0) is 16.1 Å². The van der Waals surface area contributed by atoms with E-state index in [1.807, 2.05) is 25.1 Å². The normalized spacial score (nSPS) is 11.1. The van der Waals surface area contributed by atoms with E-state index in [9.17, 15) is 9.59 Å². The third-order valence-electron chi connectivity index (χ3n) is 3.97. The van der Waals surface area contributed by atoms with Crippen molar-refractivity contribution in [2.75, 3.05) is 5.32 Å². The summed E-state index contributed by atoms with van der Waals surface area (Å²) in [5.74, 6) is -0.772. The van der Waals surface area contributed by atoms with Gasteiger partial charge in [0.1, 0.15) is 5.41 Å². The number of amides is 2. The number of hydrogen-bond donors (Lipinski definition) is 2. The van der Waals surface area contributed by atoms with Gasteiger partial charge in [0, 0.05) is 22.3 Å². The van der Waals surface area contributed by atoms with E-state index in [4.69, 9.17) is 23.2 Å². The van der Waals surface area contributed by atoms with Gasteiger partial charge < -0.3 is 10.6 Å². The number of rotatable bonds is 5. The van der Waals surface area contributed by atoms with Crippen molar-refractivity contribution >= 4 is 40.7 Å². The second-order valence-electron chi connectivity index (χ2n) is 6.31. The van der Waals surface area contributed by atoms with Crippen molar-refractivity contribution in [2.45, 2.75) is 27.3 Å². The van der Waals surface area contributed by atoms with Crippen molar-refractivity contribution in [2.24, 2.45) is 5.41 Å². The zero-order chi connectivity index (χ0) is 18.6. The van der Waals surface area contributed by atoms with Crippen LogP contribution in [0.15, 0.2) is 42.5 Å². The number of halogens is 2. The lowest BCUT2D eigenvalue weighted by Crippen LogP contribution is -2.45. The maximum Gasteiger partial charge on any atom is 0.239 e. The predicted octanol–water partition coefficient (Wildman–Crippen LogP) is 4.58. The van der Waals surface area contributed by atoms with Gasteiger partial charge >= 0.3 is 0 Å². The lowest BCUT2D eigenvalue weighted by molar-refractivity contribution is -0.138. The molecule has 132 valence electrons. The minimum absolute atomic E-state index is 0.259. The van der Waals surface area contributed by atoms with E-state index in [0.717, 1.165) is 11.1 Å². The first-order valence-corrected chi connectivity index (χ1v) is 8.56. The molecule has 0 radical (unpaired) electrons. The van der Waals surface area contributed by atoms with Crippen LogP contribution in [0, 0.1) is 12.3 Å². The first kappa shape index (κ1) is 19.3. The van der Waals surface area contributed by atoms with Crippen molar-refractivity contribution in [3.05, 3.63) is 63.6 Å². The van der Waals surface area contributed by atoms with E-state index in [0.29, 0.717) is 15.7 Å². The van der Waals surface area contributed by atoms with Crippen LogP contribution < -0.4 is 10.6 Å². The second-order valence-corrected chi connectivity index (χ2v) is 7.16. The van der Waals surface area contributed by atoms with Crippen LogP contribution in [0.3, 0.4) is 0 Å². The van der Waals surface area contributed by atoms with E-state index >= 15 is 0 Å². The minimum atomic E-state index is -1.24. The number of aryl methyl sites for hydroxylation is 1. The van der Waals surface area contributed by atoms with Crippen LogP contribution in [-0.4, -0.2) is 11.8 Å². The zero-order valence-electron chi connectivity index (χ0n) is 14.3. The summed E-state index contributed by atoms with van der Waals surface area (Å²) >= 11 is 12.0. The van der Waals surface area contributed by atoms with Crippen LogP contribution in [0.1, 0.15) is 25.0 Å². The van der Waals surface area contributed by atoms with Gasteiger partial charge in [0.2, 0.25) is 11.8 Å². The van der Waals surface area contributed by atoms with Gasteiger partial charge in [0.25, 0.3) is 0 Å². The number of hydrogen-bond acceptors (Lipinski definition) is 2. The molecule has 0 saturated heterocycles. The van der Waals surface area contributed by atoms with Crippen molar-refractivity contribution in [3.63, 3.8) is 0 Å². The van der Waals surface area contributed by atoms with E-state index < -0.39 is 11.3 Å². The molecule has 0 bridgehead atoms. The highest BCUT2D eigenvalue weighted by atomic mass is 35.5. The molecular weight excluding hydrogens is 359 g/mol. The summed E-state index contributed by atoms with van der Waals surface area (Å²) in [5.41, 5.74) is 1.00. The monoisotopic (exact) mass is 378 g/mol. The van der Waals surface area contributed by atoms with Gasteiger partial charge in [-0.15, -0.1) is 0 Å². The Bertz CT molecular complexity index is 804. The molecule has 0 aliphatic rings. The molecule has 2 aromatic carbocycles. The molecule has 4 nitrogen and oxygen atoms in total. The van der Waals surface area contributed by atoms with Gasteiger partial charge in [-0.2, -0.15) is 0 Å². The molecule has 25 heavy (non-hydrogen) atoms. The first-order valence-electron chi connectivity index (χ1n) is 7.81. The summed E-state index contributed by atoms with van der Waals surface area (Å²) in [4.78, 5) is 25.0. The molecule has 0 fully saturated rings. The summed E-state index contributed by atoms with van der Waals surface area (Å²) in [6.07, 6.45) is 0. The molecular formula is C19H20Cl2N2O2. The average molecular weight is 379 g/mol. The van der Waals surface area contributed by atoms with Gasteiger partial charge in [-0.25, -0.2) is 0 Å². The maximum atomic E-state index is 12.6. The molecule has 0 unspecified atom stereocenters. The highest BCUT2D eigenvalue weighted by molar-refractivity contribution is 6.31. The van der Waals surface area contributed by atoms with Crippen LogP contribution in [0.25, 0.3) is 0 Å². The topological polar surface area (TPSA) is 58.2 Å². The summed E-state index contributed by atoms with van der Waals surface area (Å²) in [6, 6.07) is 12.4. The van der Waals surface area contributed by atoms with Gasteiger partial charge in [-0.3, -0.25) is 9.59 Å². The second kappa shape index (κ2) is 7.89. The van der Waals surface area contributed by atoms with E-state index in [2.05, 4.69) is 10.6 Å². The Morgan fingerprint density at radius 2 is 1.72 bits per heavy atom. The highest BCUT2D eigenvalue weighted by Gasteiger charge is 2.36.